The second-order valence-electron chi connectivity index (χ2n) is 6.07. The first-order valence-electron chi connectivity index (χ1n) is 7.80. The van der Waals surface area contributed by atoms with E-state index in [4.69, 9.17) is 0 Å². The summed E-state index contributed by atoms with van der Waals surface area (Å²) in [5.74, 6) is 0.830. The molecule has 1 saturated carbocycles. The van der Waals surface area contributed by atoms with Crippen molar-refractivity contribution in [1.29, 1.82) is 0 Å². The van der Waals surface area contributed by atoms with E-state index in [-0.39, 0.29) is 0 Å². The molecule has 1 aliphatic carbocycles. The quantitative estimate of drug-likeness (QED) is 0.849. The predicted molar refractivity (Wildman–Crippen MR) is 76.9 cm³/mol. The molecule has 0 spiro atoms. The van der Waals surface area contributed by atoms with Crippen LogP contribution in [-0.4, -0.2) is 40.1 Å². The number of imidazole rings is 1. The van der Waals surface area contributed by atoms with Crippen LogP contribution in [0.3, 0.4) is 0 Å². The van der Waals surface area contributed by atoms with E-state index in [0.717, 1.165) is 25.0 Å². The number of likely N-dealkylation sites (tertiary alicyclic amines) is 1. The highest BCUT2D eigenvalue weighted by Crippen LogP contribution is 2.21. The van der Waals surface area contributed by atoms with E-state index in [1.165, 1.54) is 51.0 Å². The van der Waals surface area contributed by atoms with Crippen molar-refractivity contribution >= 4 is 0 Å². The summed E-state index contributed by atoms with van der Waals surface area (Å²) in [4.78, 5) is 6.89. The summed E-state index contributed by atoms with van der Waals surface area (Å²) < 4.78 is 2.36. The van der Waals surface area contributed by atoms with Gasteiger partial charge in [-0.3, -0.25) is 0 Å². The van der Waals surface area contributed by atoms with Crippen molar-refractivity contribution in [3.8, 4) is 0 Å². The lowest BCUT2D eigenvalue weighted by atomic mass is 9.96. The number of hydrogen-bond acceptors (Lipinski definition) is 3. The summed E-state index contributed by atoms with van der Waals surface area (Å²) in [6.45, 7) is 8.14. The van der Waals surface area contributed by atoms with Crippen molar-refractivity contribution in [2.75, 3.05) is 19.6 Å². The molecule has 1 aromatic heterocycles. The summed E-state index contributed by atoms with van der Waals surface area (Å²) in [6.07, 6.45) is 9.41. The molecular weight excluding hydrogens is 236 g/mol. The predicted octanol–water partition coefficient (Wildman–Crippen LogP) is 1.87. The number of nitrogens with zero attached hydrogens (tertiary/aromatic N) is 3. The minimum atomic E-state index is 0.774. The van der Waals surface area contributed by atoms with E-state index in [0.29, 0.717) is 0 Å². The van der Waals surface area contributed by atoms with Crippen molar-refractivity contribution in [2.45, 2.75) is 51.7 Å². The van der Waals surface area contributed by atoms with Gasteiger partial charge in [0.2, 0.25) is 0 Å². The molecule has 0 aromatic carbocycles. The van der Waals surface area contributed by atoms with Gasteiger partial charge in [-0.05, 0) is 51.2 Å². The standard InChI is InChI=1S/C15H26N4/c1-2-18-7-5-13(6-8-18)11-19-12-16-9-15(19)10-17-14-3-4-14/h9,12-14,17H,2-8,10-11H2,1H3. The number of piperidine rings is 1. The molecular formula is C15H26N4. The Hall–Kier alpha value is -0.870. The SMILES string of the molecule is CCN1CCC(Cn2cncc2CNC2CC2)CC1. The summed E-state index contributed by atoms with van der Waals surface area (Å²) in [5, 5.41) is 3.58. The summed E-state index contributed by atoms with van der Waals surface area (Å²) in [6, 6.07) is 0.774. The van der Waals surface area contributed by atoms with Gasteiger partial charge in [-0.25, -0.2) is 4.98 Å². The molecule has 0 atom stereocenters. The fourth-order valence-corrected chi connectivity index (χ4v) is 2.96. The second kappa shape index (κ2) is 6.06. The molecule has 1 aromatic rings. The third kappa shape index (κ3) is 3.57. The van der Waals surface area contributed by atoms with Gasteiger partial charge >= 0.3 is 0 Å². The molecule has 0 radical (unpaired) electrons. The first kappa shape index (κ1) is 13.1. The molecule has 0 unspecified atom stereocenters. The smallest absolute Gasteiger partial charge is 0.0948 e. The molecule has 4 heteroatoms. The molecule has 0 bridgehead atoms. The zero-order chi connectivity index (χ0) is 13.1. The molecule has 2 heterocycles. The van der Waals surface area contributed by atoms with Crippen LogP contribution in [0.2, 0.25) is 0 Å². The first-order valence-corrected chi connectivity index (χ1v) is 7.80. The Kier molecular flexibility index (Phi) is 4.18. The van der Waals surface area contributed by atoms with Gasteiger partial charge in [0.15, 0.2) is 0 Å². The van der Waals surface area contributed by atoms with Crippen molar-refractivity contribution in [2.24, 2.45) is 5.92 Å². The van der Waals surface area contributed by atoms with Crippen molar-refractivity contribution in [3.05, 3.63) is 18.2 Å². The summed E-state index contributed by atoms with van der Waals surface area (Å²) in [5.41, 5.74) is 1.35. The number of hydrogen-bond donors (Lipinski definition) is 1. The van der Waals surface area contributed by atoms with E-state index in [1.807, 2.05) is 12.5 Å². The molecule has 1 saturated heterocycles. The molecule has 3 rings (SSSR count). The number of rotatable bonds is 6. The maximum atomic E-state index is 4.33. The average Bonchev–Trinajstić information content (AvgIpc) is 3.18. The third-order valence-corrected chi connectivity index (χ3v) is 4.56. The number of nitrogens with one attached hydrogen (secondary N) is 1. The molecule has 106 valence electrons. The van der Waals surface area contributed by atoms with E-state index in [9.17, 15) is 0 Å². The van der Waals surface area contributed by atoms with Gasteiger partial charge in [-0.1, -0.05) is 6.92 Å². The van der Waals surface area contributed by atoms with Crippen LogP contribution in [0.4, 0.5) is 0 Å². The molecule has 1 N–H and O–H groups in total. The maximum absolute atomic E-state index is 4.33. The van der Waals surface area contributed by atoms with E-state index >= 15 is 0 Å². The van der Waals surface area contributed by atoms with Crippen LogP contribution < -0.4 is 5.32 Å². The Morgan fingerprint density at radius 3 is 2.74 bits per heavy atom. The summed E-state index contributed by atoms with van der Waals surface area (Å²) in [7, 11) is 0. The second-order valence-corrected chi connectivity index (χ2v) is 6.07. The average molecular weight is 262 g/mol. The fraction of sp³-hybridized carbons (Fsp3) is 0.800. The topological polar surface area (TPSA) is 33.1 Å². The zero-order valence-electron chi connectivity index (χ0n) is 12.0. The molecule has 0 amide bonds. The molecule has 2 fully saturated rings. The minimum Gasteiger partial charge on any atom is -0.333 e. The lowest BCUT2D eigenvalue weighted by Crippen LogP contribution is -2.35. The maximum Gasteiger partial charge on any atom is 0.0948 e. The monoisotopic (exact) mass is 262 g/mol. The van der Waals surface area contributed by atoms with Crippen LogP contribution in [0.25, 0.3) is 0 Å². The molecule has 19 heavy (non-hydrogen) atoms. The molecule has 2 aliphatic rings. The van der Waals surface area contributed by atoms with Crippen LogP contribution in [0.15, 0.2) is 12.5 Å². The van der Waals surface area contributed by atoms with E-state index in [1.54, 1.807) is 0 Å². The first-order chi connectivity index (χ1) is 9.35. The van der Waals surface area contributed by atoms with Crippen LogP contribution in [-0.2, 0) is 13.1 Å². The minimum absolute atomic E-state index is 0.774. The van der Waals surface area contributed by atoms with Gasteiger partial charge in [0.25, 0.3) is 0 Å². The van der Waals surface area contributed by atoms with E-state index in [2.05, 4.69) is 26.7 Å². The molecule has 1 aliphatic heterocycles. The highest BCUT2D eigenvalue weighted by atomic mass is 15.1. The van der Waals surface area contributed by atoms with E-state index < -0.39 is 0 Å². The van der Waals surface area contributed by atoms with Crippen LogP contribution >= 0.6 is 0 Å². The van der Waals surface area contributed by atoms with Crippen molar-refractivity contribution in [3.63, 3.8) is 0 Å². The van der Waals surface area contributed by atoms with Crippen LogP contribution in [0.1, 0.15) is 38.3 Å². The number of aromatic nitrogens is 2. The highest BCUT2D eigenvalue weighted by molar-refractivity contribution is 5.00. The van der Waals surface area contributed by atoms with Gasteiger partial charge in [0.05, 0.1) is 12.0 Å². The Bertz CT molecular complexity index is 389. The normalized spacial score (nSPS) is 21.9. The highest BCUT2D eigenvalue weighted by Gasteiger charge is 2.22. The van der Waals surface area contributed by atoms with Crippen LogP contribution in [0.5, 0.6) is 0 Å². The van der Waals surface area contributed by atoms with Crippen molar-refractivity contribution < 1.29 is 0 Å². The van der Waals surface area contributed by atoms with Crippen molar-refractivity contribution in [1.82, 2.24) is 19.8 Å². The van der Waals surface area contributed by atoms with Crippen LogP contribution in [0, 0.1) is 5.92 Å². The van der Waals surface area contributed by atoms with Gasteiger partial charge in [0, 0.05) is 25.3 Å². The van der Waals surface area contributed by atoms with Gasteiger partial charge in [-0.15, -0.1) is 0 Å². The van der Waals surface area contributed by atoms with Gasteiger partial charge in [0.1, 0.15) is 0 Å². The largest absolute Gasteiger partial charge is 0.333 e. The Morgan fingerprint density at radius 1 is 1.26 bits per heavy atom. The van der Waals surface area contributed by atoms with Gasteiger partial charge < -0.3 is 14.8 Å². The Labute approximate surface area is 116 Å². The lowest BCUT2D eigenvalue weighted by molar-refractivity contribution is 0.180. The third-order valence-electron chi connectivity index (χ3n) is 4.56. The molecule has 4 nitrogen and oxygen atoms in total. The Balaban J connectivity index is 1.50. The van der Waals surface area contributed by atoms with Gasteiger partial charge in [-0.2, -0.15) is 0 Å². The summed E-state index contributed by atoms with van der Waals surface area (Å²) >= 11 is 0. The fourth-order valence-electron chi connectivity index (χ4n) is 2.96. The zero-order valence-corrected chi connectivity index (χ0v) is 12.0. The Morgan fingerprint density at radius 2 is 2.05 bits per heavy atom. The lowest BCUT2D eigenvalue weighted by Gasteiger charge is -2.31.